The fraction of sp³-hybridized carbons (Fsp3) is 0.667. The lowest BCUT2D eigenvalue weighted by Crippen LogP contribution is -2.43. The number of hydrogen-bond acceptors (Lipinski definition) is 1. The summed E-state index contributed by atoms with van der Waals surface area (Å²) in [4.78, 5) is 0. The van der Waals surface area contributed by atoms with E-state index in [9.17, 15) is 0 Å². The van der Waals surface area contributed by atoms with Crippen molar-refractivity contribution in [2.45, 2.75) is 66.3 Å². The molecule has 0 heterocycles. The van der Waals surface area contributed by atoms with E-state index in [-0.39, 0.29) is 16.4 Å². The fourth-order valence-electron chi connectivity index (χ4n) is 2.31. The third kappa shape index (κ3) is 4.07. The summed E-state index contributed by atoms with van der Waals surface area (Å²) in [5.74, 6) is 0.378. The average Bonchev–Trinajstić information content (AvgIpc) is 2.24. The minimum absolute atomic E-state index is 0.204. The molecular formula is C18H31N. The molecule has 0 amide bonds. The monoisotopic (exact) mass is 261 g/mol. The van der Waals surface area contributed by atoms with Crippen LogP contribution in [0.2, 0.25) is 0 Å². The highest BCUT2D eigenvalue weighted by Gasteiger charge is 2.39. The van der Waals surface area contributed by atoms with Crippen LogP contribution < -0.4 is 5.73 Å². The van der Waals surface area contributed by atoms with Crippen molar-refractivity contribution >= 4 is 0 Å². The van der Waals surface area contributed by atoms with Gasteiger partial charge in [0.25, 0.3) is 0 Å². The second-order valence-electron chi connectivity index (χ2n) is 8.12. The van der Waals surface area contributed by atoms with Crippen molar-refractivity contribution in [2.75, 3.05) is 0 Å². The maximum Gasteiger partial charge on any atom is 0.0166 e. The number of benzene rings is 1. The highest BCUT2D eigenvalue weighted by Crippen LogP contribution is 2.47. The van der Waals surface area contributed by atoms with Gasteiger partial charge in [-0.2, -0.15) is 0 Å². The standard InChI is InChI=1S/C18H31N/c1-16(2,3)17(4,5)13-15(18(6,7)19)14-11-9-8-10-12-14/h8-12,15H,13,19H2,1-7H3. The molecule has 0 saturated carbocycles. The molecule has 1 heteroatoms. The van der Waals surface area contributed by atoms with E-state index in [0.717, 1.165) is 6.42 Å². The van der Waals surface area contributed by atoms with E-state index in [1.54, 1.807) is 0 Å². The Balaban J connectivity index is 3.09. The minimum atomic E-state index is -0.204. The molecule has 0 aliphatic heterocycles. The predicted molar refractivity (Wildman–Crippen MR) is 85.3 cm³/mol. The van der Waals surface area contributed by atoms with Gasteiger partial charge in [-0.1, -0.05) is 65.0 Å². The van der Waals surface area contributed by atoms with Crippen molar-refractivity contribution in [3.8, 4) is 0 Å². The van der Waals surface area contributed by atoms with Crippen LogP contribution in [-0.2, 0) is 0 Å². The van der Waals surface area contributed by atoms with E-state index >= 15 is 0 Å². The van der Waals surface area contributed by atoms with Crippen LogP contribution in [0, 0.1) is 10.8 Å². The molecule has 0 aliphatic carbocycles. The molecule has 1 atom stereocenters. The van der Waals surface area contributed by atoms with Gasteiger partial charge in [0.15, 0.2) is 0 Å². The topological polar surface area (TPSA) is 26.0 Å². The van der Waals surface area contributed by atoms with Crippen LogP contribution in [0.5, 0.6) is 0 Å². The van der Waals surface area contributed by atoms with Gasteiger partial charge in [-0.05, 0) is 36.7 Å². The second-order valence-corrected chi connectivity index (χ2v) is 8.12. The third-order valence-corrected chi connectivity index (χ3v) is 4.84. The molecule has 2 N–H and O–H groups in total. The smallest absolute Gasteiger partial charge is 0.0166 e. The lowest BCUT2D eigenvalue weighted by molar-refractivity contribution is 0.0972. The van der Waals surface area contributed by atoms with Crippen molar-refractivity contribution in [1.82, 2.24) is 0 Å². The Kier molecular flexibility index (Phi) is 4.51. The Hall–Kier alpha value is -0.820. The van der Waals surface area contributed by atoms with Crippen LogP contribution in [-0.4, -0.2) is 5.54 Å². The summed E-state index contributed by atoms with van der Waals surface area (Å²) in [6.07, 6.45) is 1.10. The molecule has 1 rings (SSSR count). The summed E-state index contributed by atoms with van der Waals surface area (Å²) in [5.41, 5.74) is 8.12. The number of nitrogens with two attached hydrogens (primary N) is 1. The van der Waals surface area contributed by atoms with Crippen LogP contribution in [0.4, 0.5) is 0 Å². The first-order valence-corrected chi connectivity index (χ1v) is 7.29. The van der Waals surface area contributed by atoms with Crippen LogP contribution in [0.3, 0.4) is 0 Å². The molecule has 0 aliphatic rings. The average molecular weight is 261 g/mol. The molecule has 0 bridgehead atoms. The first kappa shape index (κ1) is 16.2. The second kappa shape index (κ2) is 5.28. The molecule has 1 aromatic carbocycles. The van der Waals surface area contributed by atoms with Crippen LogP contribution >= 0.6 is 0 Å². The molecule has 0 spiro atoms. The molecule has 0 radical (unpaired) electrons. The molecule has 19 heavy (non-hydrogen) atoms. The third-order valence-electron chi connectivity index (χ3n) is 4.84. The lowest BCUT2D eigenvalue weighted by Gasteiger charge is -2.44. The van der Waals surface area contributed by atoms with Crippen LogP contribution in [0.1, 0.15) is 66.4 Å². The predicted octanol–water partition coefficient (Wildman–Crippen LogP) is 4.97. The molecule has 1 aromatic rings. The first-order valence-electron chi connectivity index (χ1n) is 7.29. The fourth-order valence-corrected chi connectivity index (χ4v) is 2.31. The van der Waals surface area contributed by atoms with Crippen LogP contribution in [0.25, 0.3) is 0 Å². The summed E-state index contributed by atoms with van der Waals surface area (Å²) in [5, 5.41) is 0. The highest BCUT2D eigenvalue weighted by molar-refractivity contribution is 5.23. The van der Waals surface area contributed by atoms with Crippen molar-refractivity contribution in [2.24, 2.45) is 16.6 Å². The molecule has 0 saturated heterocycles. The number of hydrogen-bond donors (Lipinski definition) is 1. The van der Waals surface area contributed by atoms with Crippen LogP contribution in [0.15, 0.2) is 30.3 Å². The zero-order valence-corrected chi connectivity index (χ0v) is 13.7. The van der Waals surface area contributed by atoms with Gasteiger partial charge in [0, 0.05) is 11.5 Å². The minimum Gasteiger partial charge on any atom is -0.325 e. The summed E-state index contributed by atoms with van der Waals surface area (Å²) in [6.45, 7) is 16.0. The summed E-state index contributed by atoms with van der Waals surface area (Å²) < 4.78 is 0. The first-order chi connectivity index (χ1) is 8.45. The van der Waals surface area contributed by atoms with Gasteiger partial charge in [0.2, 0.25) is 0 Å². The zero-order valence-electron chi connectivity index (χ0n) is 13.7. The highest BCUT2D eigenvalue weighted by atomic mass is 14.7. The summed E-state index contributed by atoms with van der Waals surface area (Å²) in [6, 6.07) is 10.7. The molecular weight excluding hydrogens is 230 g/mol. The zero-order chi connectivity index (χ0) is 14.9. The summed E-state index contributed by atoms with van der Waals surface area (Å²) in [7, 11) is 0. The quantitative estimate of drug-likeness (QED) is 0.813. The van der Waals surface area contributed by atoms with Gasteiger partial charge < -0.3 is 5.73 Å². The molecule has 1 unspecified atom stereocenters. The maximum absolute atomic E-state index is 6.46. The van der Waals surface area contributed by atoms with Crippen molar-refractivity contribution in [1.29, 1.82) is 0 Å². The Morgan fingerprint density at radius 3 is 1.74 bits per heavy atom. The largest absolute Gasteiger partial charge is 0.325 e. The molecule has 1 nitrogen and oxygen atoms in total. The van der Waals surface area contributed by atoms with E-state index in [1.165, 1.54) is 5.56 Å². The van der Waals surface area contributed by atoms with Gasteiger partial charge in [-0.3, -0.25) is 0 Å². The van der Waals surface area contributed by atoms with Gasteiger partial charge in [-0.25, -0.2) is 0 Å². The van der Waals surface area contributed by atoms with Gasteiger partial charge >= 0.3 is 0 Å². The van der Waals surface area contributed by atoms with E-state index < -0.39 is 0 Å². The van der Waals surface area contributed by atoms with Crippen molar-refractivity contribution in [3.05, 3.63) is 35.9 Å². The van der Waals surface area contributed by atoms with Crippen molar-refractivity contribution in [3.63, 3.8) is 0 Å². The molecule has 0 aromatic heterocycles. The summed E-state index contributed by atoms with van der Waals surface area (Å²) >= 11 is 0. The maximum atomic E-state index is 6.46. The number of rotatable bonds is 4. The van der Waals surface area contributed by atoms with E-state index in [1.807, 2.05) is 0 Å². The Labute approximate surface area is 119 Å². The van der Waals surface area contributed by atoms with E-state index in [4.69, 9.17) is 5.73 Å². The molecule has 108 valence electrons. The van der Waals surface area contributed by atoms with Gasteiger partial charge in [-0.15, -0.1) is 0 Å². The van der Waals surface area contributed by atoms with Gasteiger partial charge in [0.1, 0.15) is 0 Å². The van der Waals surface area contributed by atoms with E-state index in [0.29, 0.717) is 5.92 Å². The van der Waals surface area contributed by atoms with E-state index in [2.05, 4.69) is 78.8 Å². The molecule has 0 fully saturated rings. The Morgan fingerprint density at radius 1 is 0.895 bits per heavy atom. The normalized spacial score (nSPS) is 15.4. The Bertz CT molecular complexity index is 390. The SMILES string of the molecule is CC(C)(N)C(CC(C)(C)C(C)(C)C)c1ccccc1. The Morgan fingerprint density at radius 2 is 1.37 bits per heavy atom. The van der Waals surface area contributed by atoms with Gasteiger partial charge in [0.05, 0.1) is 0 Å². The van der Waals surface area contributed by atoms with Crippen molar-refractivity contribution < 1.29 is 0 Å². The lowest BCUT2D eigenvalue weighted by atomic mass is 9.62.